The van der Waals surface area contributed by atoms with Crippen LogP contribution in [-0.4, -0.2) is 7.11 Å². The van der Waals surface area contributed by atoms with E-state index in [1.165, 1.54) is 27.1 Å². The largest absolute Gasteiger partial charge is 0.496 e. The molecule has 0 aliphatic carbocycles. The predicted molar refractivity (Wildman–Crippen MR) is 91.5 cm³/mol. The smallest absolute Gasteiger partial charge is 0.129 e. The lowest BCUT2D eigenvalue weighted by atomic mass is 9.89. The lowest BCUT2D eigenvalue weighted by Crippen LogP contribution is -2.16. The van der Waals surface area contributed by atoms with Crippen LogP contribution in [0.1, 0.15) is 53.9 Å². The Morgan fingerprint density at radius 2 is 1.67 bits per heavy atom. The Hall–Kier alpha value is -1.32. The predicted octanol–water partition coefficient (Wildman–Crippen LogP) is 4.49. The fourth-order valence-electron chi connectivity index (χ4n) is 2.79. The molecule has 1 aromatic heterocycles. The molecule has 0 aliphatic heterocycles. The molecule has 0 spiro atoms. The Bertz CT molecular complexity index is 578. The number of thiophene rings is 1. The van der Waals surface area contributed by atoms with Crippen LogP contribution in [0, 0.1) is 0 Å². The first-order chi connectivity index (χ1) is 10.1. The molecule has 1 heterocycles. The molecular formula is C18H25NOS. The van der Waals surface area contributed by atoms with E-state index in [0.29, 0.717) is 0 Å². The SMILES string of the molecule is CCc1cc(CC)c(C(N)c2cc(OC)cs2)c(CC)c1. The molecule has 0 bridgehead atoms. The first-order valence-electron chi connectivity index (χ1n) is 7.67. The minimum Gasteiger partial charge on any atom is -0.496 e. The number of rotatable bonds is 6. The van der Waals surface area contributed by atoms with Gasteiger partial charge in [-0.05, 0) is 47.6 Å². The lowest BCUT2D eigenvalue weighted by Gasteiger charge is -2.20. The van der Waals surface area contributed by atoms with Crippen molar-refractivity contribution < 1.29 is 4.74 Å². The number of nitrogens with two attached hydrogens (primary N) is 1. The molecule has 21 heavy (non-hydrogen) atoms. The van der Waals surface area contributed by atoms with E-state index in [0.717, 1.165) is 25.0 Å². The molecule has 2 aromatic rings. The minimum absolute atomic E-state index is 0.0605. The summed E-state index contributed by atoms with van der Waals surface area (Å²) >= 11 is 1.68. The summed E-state index contributed by atoms with van der Waals surface area (Å²) in [7, 11) is 1.70. The van der Waals surface area contributed by atoms with Crippen molar-refractivity contribution in [3.8, 4) is 5.75 Å². The van der Waals surface area contributed by atoms with Crippen LogP contribution in [0.4, 0.5) is 0 Å². The van der Waals surface area contributed by atoms with Gasteiger partial charge in [-0.15, -0.1) is 11.3 Å². The molecule has 2 rings (SSSR count). The summed E-state index contributed by atoms with van der Waals surface area (Å²) in [5.74, 6) is 0.895. The summed E-state index contributed by atoms with van der Waals surface area (Å²) in [6.45, 7) is 6.62. The summed E-state index contributed by atoms with van der Waals surface area (Å²) in [5.41, 5.74) is 12.1. The Labute approximate surface area is 132 Å². The summed E-state index contributed by atoms with van der Waals surface area (Å²) < 4.78 is 5.29. The molecule has 114 valence electrons. The number of aryl methyl sites for hydroxylation is 3. The molecule has 1 unspecified atom stereocenters. The average Bonchev–Trinajstić information content (AvgIpc) is 3.01. The van der Waals surface area contributed by atoms with E-state index in [9.17, 15) is 0 Å². The first kappa shape index (κ1) is 16.1. The zero-order valence-corrected chi connectivity index (χ0v) is 14.2. The number of ether oxygens (including phenoxy) is 1. The van der Waals surface area contributed by atoms with Gasteiger partial charge in [0.25, 0.3) is 0 Å². The highest BCUT2D eigenvalue weighted by molar-refractivity contribution is 7.10. The number of benzene rings is 1. The topological polar surface area (TPSA) is 35.2 Å². The number of hydrogen-bond acceptors (Lipinski definition) is 3. The average molecular weight is 303 g/mol. The highest BCUT2D eigenvalue weighted by atomic mass is 32.1. The van der Waals surface area contributed by atoms with Crippen molar-refractivity contribution in [1.82, 2.24) is 0 Å². The van der Waals surface area contributed by atoms with Gasteiger partial charge in [0.15, 0.2) is 0 Å². The van der Waals surface area contributed by atoms with E-state index in [2.05, 4.69) is 39.0 Å². The Kier molecular flexibility index (Phi) is 5.43. The fraction of sp³-hybridized carbons (Fsp3) is 0.444. The number of methoxy groups -OCH3 is 1. The summed E-state index contributed by atoms with van der Waals surface area (Å²) in [5, 5.41) is 2.02. The van der Waals surface area contributed by atoms with E-state index in [1.54, 1.807) is 18.4 Å². The van der Waals surface area contributed by atoms with Crippen molar-refractivity contribution in [3.05, 3.63) is 50.7 Å². The van der Waals surface area contributed by atoms with Gasteiger partial charge >= 0.3 is 0 Å². The van der Waals surface area contributed by atoms with Gasteiger partial charge in [-0.1, -0.05) is 32.9 Å². The first-order valence-corrected chi connectivity index (χ1v) is 8.55. The van der Waals surface area contributed by atoms with Crippen LogP contribution in [0.15, 0.2) is 23.6 Å². The maximum absolute atomic E-state index is 6.58. The van der Waals surface area contributed by atoms with Gasteiger partial charge in [0, 0.05) is 10.3 Å². The van der Waals surface area contributed by atoms with Crippen LogP contribution in [-0.2, 0) is 19.3 Å². The Morgan fingerprint density at radius 1 is 1.05 bits per heavy atom. The molecular weight excluding hydrogens is 278 g/mol. The highest BCUT2D eigenvalue weighted by Crippen LogP contribution is 2.34. The monoisotopic (exact) mass is 303 g/mol. The van der Waals surface area contributed by atoms with Crippen LogP contribution >= 0.6 is 11.3 Å². The zero-order valence-electron chi connectivity index (χ0n) is 13.4. The van der Waals surface area contributed by atoms with Crippen LogP contribution < -0.4 is 10.5 Å². The van der Waals surface area contributed by atoms with E-state index in [4.69, 9.17) is 10.5 Å². The quantitative estimate of drug-likeness (QED) is 0.853. The molecule has 0 fully saturated rings. The van der Waals surface area contributed by atoms with Crippen molar-refractivity contribution >= 4 is 11.3 Å². The molecule has 0 amide bonds. The van der Waals surface area contributed by atoms with Gasteiger partial charge in [-0.25, -0.2) is 0 Å². The maximum Gasteiger partial charge on any atom is 0.129 e. The second kappa shape index (κ2) is 7.10. The van der Waals surface area contributed by atoms with Crippen molar-refractivity contribution in [1.29, 1.82) is 0 Å². The summed E-state index contributed by atoms with van der Waals surface area (Å²) in [4.78, 5) is 1.17. The van der Waals surface area contributed by atoms with Crippen LogP contribution in [0.2, 0.25) is 0 Å². The van der Waals surface area contributed by atoms with Gasteiger partial charge < -0.3 is 10.5 Å². The van der Waals surface area contributed by atoms with Gasteiger partial charge in [-0.2, -0.15) is 0 Å². The number of hydrogen-bond donors (Lipinski definition) is 1. The standard InChI is InChI=1S/C18H25NOS/c1-5-12-8-13(6-2)17(14(7-3)9-12)18(19)16-10-15(20-4)11-21-16/h8-11,18H,5-7,19H2,1-4H3. The second-order valence-electron chi connectivity index (χ2n) is 5.25. The lowest BCUT2D eigenvalue weighted by molar-refractivity contribution is 0.416. The third kappa shape index (κ3) is 3.30. The third-order valence-corrected chi connectivity index (χ3v) is 5.02. The third-order valence-electron chi connectivity index (χ3n) is 4.03. The van der Waals surface area contributed by atoms with Gasteiger partial charge in [0.1, 0.15) is 5.75 Å². The van der Waals surface area contributed by atoms with Gasteiger partial charge in [0.2, 0.25) is 0 Å². The van der Waals surface area contributed by atoms with Gasteiger partial charge in [0.05, 0.1) is 13.2 Å². The molecule has 0 aliphatic rings. The molecule has 2 N–H and O–H groups in total. The van der Waals surface area contributed by atoms with Crippen molar-refractivity contribution in [2.75, 3.05) is 7.11 Å². The van der Waals surface area contributed by atoms with Crippen molar-refractivity contribution in [3.63, 3.8) is 0 Å². The minimum atomic E-state index is -0.0605. The van der Waals surface area contributed by atoms with Crippen LogP contribution in [0.5, 0.6) is 5.75 Å². The summed E-state index contributed by atoms with van der Waals surface area (Å²) in [6.07, 6.45) is 3.11. The highest BCUT2D eigenvalue weighted by Gasteiger charge is 2.19. The summed E-state index contributed by atoms with van der Waals surface area (Å²) in [6, 6.07) is 6.63. The molecule has 0 saturated heterocycles. The molecule has 0 saturated carbocycles. The van der Waals surface area contributed by atoms with Gasteiger partial charge in [-0.3, -0.25) is 0 Å². The van der Waals surface area contributed by atoms with E-state index < -0.39 is 0 Å². The van der Waals surface area contributed by atoms with Crippen LogP contribution in [0.3, 0.4) is 0 Å². The molecule has 3 heteroatoms. The fourth-order valence-corrected chi connectivity index (χ4v) is 3.65. The van der Waals surface area contributed by atoms with Crippen molar-refractivity contribution in [2.45, 2.75) is 46.1 Å². The second-order valence-corrected chi connectivity index (χ2v) is 6.20. The molecule has 2 nitrogen and oxygen atoms in total. The van der Waals surface area contributed by atoms with Crippen molar-refractivity contribution in [2.24, 2.45) is 5.73 Å². The Balaban J connectivity index is 2.50. The van der Waals surface area contributed by atoms with E-state index in [1.807, 2.05) is 5.38 Å². The van der Waals surface area contributed by atoms with E-state index >= 15 is 0 Å². The van der Waals surface area contributed by atoms with Crippen LogP contribution in [0.25, 0.3) is 0 Å². The van der Waals surface area contributed by atoms with E-state index in [-0.39, 0.29) is 6.04 Å². The normalized spacial score (nSPS) is 12.4. The Morgan fingerprint density at radius 3 is 2.10 bits per heavy atom. The molecule has 1 atom stereocenters. The molecule has 1 aromatic carbocycles. The zero-order chi connectivity index (χ0) is 15.4. The maximum atomic E-state index is 6.58. The molecule has 0 radical (unpaired) electrons.